The van der Waals surface area contributed by atoms with Crippen LogP contribution in [0.25, 0.3) is 0 Å². The lowest BCUT2D eigenvalue weighted by Gasteiger charge is -2.32. The SMILES string of the molecule is c1cncc(C[C@H]2CCCN(Cc3cscn3)C2)c1. The van der Waals surface area contributed by atoms with Gasteiger partial charge in [0, 0.05) is 30.9 Å². The van der Waals surface area contributed by atoms with E-state index in [0.29, 0.717) is 0 Å². The average Bonchev–Trinajstić information content (AvgIpc) is 2.93. The summed E-state index contributed by atoms with van der Waals surface area (Å²) in [6.45, 7) is 3.40. The molecule has 0 radical (unpaired) electrons. The van der Waals surface area contributed by atoms with Crippen molar-refractivity contribution in [3.05, 3.63) is 46.7 Å². The molecule has 3 nitrogen and oxygen atoms in total. The van der Waals surface area contributed by atoms with Crippen LogP contribution in [0.2, 0.25) is 0 Å². The molecule has 0 amide bonds. The van der Waals surface area contributed by atoms with Gasteiger partial charge in [-0.05, 0) is 43.4 Å². The first-order chi connectivity index (χ1) is 9.40. The van der Waals surface area contributed by atoms with Crippen LogP contribution in [0.1, 0.15) is 24.1 Å². The highest BCUT2D eigenvalue weighted by Gasteiger charge is 2.20. The molecule has 4 heteroatoms. The van der Waals surface area contributed by atoms with Crippen LogP contribution < -0.4 is 0 Å². The fourth-order valence-electron chi connectivity index (χ4n) is 2.86. The second kappa shape index (κ2) is 6.26. The Morgan fingerprint density at radius 2 is 2.42 bits per heavy atom. The second-order valence-corrected chi connectivity index (χ2v) is 6.01. The van der Waals surface area contributed by atoms with Crippen molar-refractivity contribution in [2.24, 2.45) is 5.92 Å². The van der Waals surface area contributed by atoms with E-state index >= 15 is 0 Å². The normalized spacial score (nSPS) is 20.5. The Balaban J connectivity index is 1.56. The summed E-state index contributed by atoms with van der Waals surface area (Å²) in [5.41, 5.74) is 4.50. The van der Waals surface area contributed by atoms with Crippen molar-refractivity contribution in [2.75, 3.05) is 13.1 Å². The topological polar surface area (TPSA) is 29.0 Å². The van der Waals surface area contributed by atoms with E-state index in [2.05, 4.69) is 26.3 Å². The molecule has 2 aromatic rings. The Kier molecular flexibility index (Phi) is 4.20. The molecule has 0 bridgehead atoms. The van der Waals surface area contributed by atoms with E-state index in [4.69, 9.17) is 0 Å². The molecule has 0 spiro atoms. The Bertz CT molecular complexity index is 483. The van der Waals surface area contributed by atoms with Gasteiger partial charge in [-0.25, -0.2) is 4.98 Å². The highest BCUT2D eigenvalue weighted by atomic mass is 32.1. The van der Waals surface area contributed by atoms with Gasteiger partial charge >= 0.3 is 0 Å². The zero-order valence-corrected chi connectivity index (χ0v) is 11.9. The minimum Gasteiger partial charge on any atom is -0.297 e. The summed E-state index contributed by atoms with van der Waals surface area (Å²) in [6, 6.07) is 4.22. The van der Waals surface area contributed by atoms with E-state index < -0.39 is 0 Å². The first-order valence-corrected chi connectivity index (χ1v) is 7.83. The lowest BCUT2D eigenvalue weighted by atomic mass is 9.92. The number of rotatable bonds is 4. The minimum atomic E-state index is 0.761. The first-order valence-electron chi connectivity index (χ1n) is 6.88. The number of thiazole rings is 1. The maximum atomic E-state index is 4.39. The van der Waals surface area contributed by atoms with Crippen LogP contribution in [0.15, 0.2) is 35.4 Å². The Hall–Kier alpha value is -1.26. The molecule has 3 rings (SSSR count). The van der Waals surface area contributed by atoms with Crippen molar-refractivity contribution in [2.45, 2.75) is 25.8 Å². The highest BCUT2D eigenvalue weighted by molar-refractivity contribution is 7.07. The molecular weight excluding hydrogens is 254 g/mol. The minimum absolute atomic E-state index is 0.761. The maximum Gasteiger partial charge on any atom is 0.0795 e. The van der Waals surface area contributed by atoms with Crippen molar-refractivity contribution in [3.63, 3.8) is 0 Å². The molecule has 19 heavy (non-hydrogen) atoms. The van der Waals surface area contributed by atoms with Crippen molar-refractivity contribution in [3.8, 4) is 0 Å². The third kappa shape index (κ3) is 3.61. The van der Waals surface area contributed by atoms with Crippen LogP contribution in [0, 0.1) is 5.92 Å². The Morgan fingerprint density at radius 1 is 1.42 bits per heavy atom. The summed E-state index contributed by atoms with van der Waals surface area (Å²) in [6.07, 6.45) is 7.64. The van der Waals surface area contributed by atoms with Gasteiger partial charge < -0.3 is 0 Å². The predicted molar refractivity (Wildman–Crippen MR) is 78.1 cm³/mol. The third-order valence-electron chi connectivity index (χ3n) is 3.72. The van der Waals surface area contributed by atoms with Gasteiger partial charge in [-0.3, -0.25) is 9.88 Å². The molecule has 1 aliphatic heterocycles. The van der Waals surface area contributed by atoms with Gasteiger partial charge in [-0.2, -0.15) is 0 Å². The molecule has 100 valence electrons. The zero-order valence-electron chi connectivity index (χ0n) is 11.0. The van der Waals surface area contributed by atoms with E-state index in [0.717, 1.165) is 18.9 Å². The number of piperidine rings is 1. The monoisotopic (exact) mass is 273 g/mol. The second-order valence-electron chi connectivity index (χ2n) is 5.29. The Morgan fingerprint density at radius 3 is 3.21 bits per heavy atom. The van der Waals surface area contributed by atoms with Crippen LogP contribution in [0.5, 0.6) is 0 Å². The van der Waals surface area contributed by atoms with Crippen molar-refractivity contribution in [1.82, 2.24) is 14.9 Å². The summed E-state index contributed by atoms with van der Waals surface area (Å²) in [7, 11) is 0. The van der Waals surface area contributed by atoms with E-state index in [9.17, 15) is 0 Å². The fraction of sp³-hybridized carbons (Fsp3) is 0.467. The van der Waals surface area contributed by atoms with Gasteiger partial charge in [-0.1, -0.05) is 6.07 Å². The maximum absolute atomic E-state index is 4.39. The summed E-state index contributed by atoms with van der Waals surface area (Å²) >= 11 is 1.69. The number of pyridine rings is 1. The molecule has 3 heterocycles. The molecule has 0 aromatic carbocycles. The fourth-order valence-corrected chi connectivity index (χ4v) is 3.41. The Labute approximate surface area is 118 Å². The molecule has 0 saturated carbocycles. The van der Waals surface area contributed by atoms with Gasteiger partial charge in [0.25, 0.3) is 0 Å². The largest absolute Gasteiger partial charge is 0.297 e. The number of aromatic nitrogens is 2. The zero-order chi connectivity index (χ0) is 12.9. The summed E-state index contributed by atoms with van der Waals surface area (Å²) in [5, 5.41) is 2.16. The average molecular weight is 273 g/mol. The van der Waals surface area contributed by atoms with Crippen LogP contribution in [0.3, 0.4) is 0 Å². The number of hydrogen-bond donors (Lipinski definition) is 0. The highest BCUT2D eigenvalue weighted by Crippen LogP contribution is 2.21. The van der Waals surface area contributed by atoms with E-state index in [1.807, 2.05) is 24.0 Å². The molecule has 1 aliphatic rings. The smallest absolute Gasteiger partial charge is 0.0795 e. The van der Waals surface area contributed by atoms with Gasteiger partial charge in [-0.15, -0.1) is 11.3 Å². The molecule has 0 aliphatic carbocycles. The predicted octanol–water partition coefficient (Wildman–Crippen LogP) is 2.99. The standard InChI is InChI=1S/C15H19N3S/c1-3-13(8-16-5-1)7-14-4-2-6-18(9-14)10-15-11-19-12-17-15/h1,3,5,8,11-12,14H,2,4,6-7,9-10H2/t14-/m1/s1. The molecular formula is C15H19N3S. The van der Waals surface area contributed by atoms with Crippen LogP contribution in [-0.4, -0.2) is 28.0 Å². The lowest BCUT2D eigenvalue weighted by Crippen LogP contribution is -2.35. The molecule has 1 atom stereocenters. The van der Waals surface area contributed by atoms with Crippen LogP contribution in [-0.2, 0) is 13.0 Å². The molecule has 0 unspecified atom stereocenters. The van der Waals surface area contributed by atoms with Crippen LogP contribution >= 0.6 is 11.3 Å². The van der Waals surface area contributed by atoms with Gasteiger partial charge in [0.15, 0.2) is 0 Å². The first kappa shape index (κ1) is 12.8. The summed E-state index contributed by atoms with van der Waals surface area (Å²) in [5.74, 6) is 0.761. The molecule has 1 fully saturated rings. The summed E-state index contributed by atoms with van der Waals surface area (Å²) < 4.78 is 0. The number of hydrogen-bond acceptors (Lipinski definition) is 4. The number of likely N-dealkylation sites (tertiary alicyclic amines) is 1. The molecule has 2 aromatic heterocycles. The van der Waals surface area contributed by atoms with Gasteiger partial charge in [0.2, 0.25) is 0 Å². The summed E-state index contributed by atoms with van der Waals surface area (Å²) in [4.78, 5) is 11.1. The van der Waals surface area contributed by atoms with Crippen molar-refractivity contribution < 1.29 is 0 Å². The van der Waals surface area contributed by atoms with Gasteiger partial charge in [0.05, 0.1) is 11.2 Å². The van der Waals surface area contributed by atoms with Crippen molar-refractivity contribution >= 4 is 11.3 Å². The lowest BCUT2D eigenvalue weighted by molar-refractivity contribution is 0.165. The van der Waals surface area contributed by atoms with E-state index in [1.54, 1.807) is 11.3 Å². The number of nitrogens with zero attached hydrogens (tertiary/aromatic N) is 3. The van der Waals surface area contributed by atoms with E-state index in [1.165, 1.54) is 37.2 Å². The third-order valence-corrected chi connectivity index (χ3v) is 4.35. The van der Waals surface area contributed by atoms with Crippen LogP contribution in [0.4, 0.5) is 0 Å². The van der Waals surface area contributed by atoms with Crippen molar-refractivity contribution in [1.29, 1.82) is 0 Å². The molecule has 0 N–H and O–H groups in total. The molecule has 1 saturated heterocycles. The van der Waals surface area contributed by atoms with Gasteiger partial charge in [0.1, 0.15) is 0 Å². The van der Waals surface area contributed by atoms with E-state index in [-0.39, 0.29) is 0 Å². The quantitative estimate of drug-likeness (QED) is 0.857.